The van der Waals surface area contributed by atoms with Gasteiger partial charge in [0, 0.05) is 6.04 Å². The Morgan fingerprint density at radius 2 is 2.06 bits per heavy atom. The van der Waals surface area contributed by atoms with Crippen LogP contribution in [0.25, 0.3) is 0 Å². The monoisotopic (exact) mass is 245 g/mol. The molecule has 2 N–H and O–H groups in total. The molecule has 1 aliphatic carbocycles. The lowest BCUT2D eigenvalue weighted by Gasteiger charge is -2.30. The fraction of sp³-hybridized carbons (Fsp3) is 0.625. The molecule has 3 rings (SSSR count). The molecular weight excluding hydrogens is 222 g/mol. The van der Waals surface area contributed by atoms with Crippen LogP contribution in [0.2, 0.25) is 0 Å². The smallest absolute Gasteiger partial charge is 0.122 e. The molecule has 0 radical (unpaired) electrons. The normalized spacial score (nSPS) is 26.0. The SMILES string of the molecule is CC(C(N)CC1CCOc2ccccc21)C1CC1. The Balaban J connectivity index is 1.69. The van der Waals surface area contributed by atoms with Crippen molar-refractivity contribution in [2.75, 3.05) is 6.61 Å². The summed E-state index contributed by atoms with van der Waals surface area (Å²) in [6, 6.07) is 8.78. The zero-order chi connectivity index (χ0) is 12.5. The van der Waals surface area contributed by atoms with Gasteiger partial charge in [0.1, 0.15) is 5.75 Å². The van der Waals surface area contributed by atoms with E-state index in [0.29, 0.717) is 17.9 Å². The van der Waals surface area contributed by atoms with Gasteiger partial charge in [-0.15, -0.1) is 0 Å². The summed E-state index contributed by atoms with van der Waals surface area (Å²) in [4.78, 5) is 0. The predicted octanol–water partition coefficient (Wildman–Crippen LogP) is 3.32. The van der Waals surface area contributed by atoms with Crippen LogP contribution in [0.4, 0.5) is 0 Å². The van der Waals surface area contributed by atoms with Gasteiger partial charge in [-0.1, -0.05) is 25.1 Å². The number of hydrogen-bond acceptors (Lipinski definition) is 2. The molecule has 0 amide bonds. The number of rotatable bonds is 4. The first-order valence-electron chi connectivity index (χ1n) is 7.23. The second-order valence-electron chi connectivity index (χ2n) is 5.97. The number of ether oxygens (including phenoxy) is 1. The minimum absolute atomic E-state index is 0.341. The van der Waals surface area contributed by atoms with E-state index in [1.165, 1.54) is 18.4 Å². The van der Waals surface area contributed by atoms with Gasteiger partial charge >= 0.3 is 0 Å². The van der Waals surface area contributed by atoms with E-state index < -0.39 is 0 Å². The van der Waals surface area contributed by atoms with E-state index in [2.05, 4.69) is 25.1 Å². The van der Waals surface area contributed by atoms with Gasteiger partial charge in [0.05, 0.1) is 6.61 Å². The standard InChI is InChI=1S/C16H23NO/c1-11(12-6-7-12)15(17)10-13-8-9-18-16-5-3-2-4-14(13)16/h2-5,11-13,15H,6-10,17H2,1H3. The van der Waals surface area contributed by atoms with Crippen molar-refractivity contribution in [1.29, 1.82) is 0 Å². The molecule has 2 heteroatoms. The average Bonchev–Trinajstić information content (AvgIpc) is 3.22. The van der Waals surface area contributed by atoms with Crippen molar-refractivity contribution in [1.82, 2.24) is 0 Å². The second-order valence-corrected chi connectivity index (χ2v) is 5.97. The van der Waals surface area contributed by atoms with Gasteiger partial charge in [0.2, 0.25) is 0 Å². The third-order valence-corrected chi connectivity index (χ3v) is 4.68. The van der Waals surface area contributed by atoms with E-state index in [0.717, 1.165) is 31.1 Å². The molecule has 3 unspecified atom stereocenters. The molecule has 1 aromatic rings. The number of para-hydroxylation sites is 1. The molecule has 2 nitrogen and oxygen atoms in total. The van der Waals surface area contributed by atoms with E-state index in [-0.39, 0.29) is 0 Å². The van der Waals surface area contributed by atoms with Gasteiger partial charge in [0.25, 0.3) is 0 Å². The number of nitrogens with two attached hydrogens (primary N) is 1. The highest BCUT2D eigenvalue weighted by Gasteiger charge is 2.33. The van der Waals surface area contributed by atoms with Crippen molar-refractivity contribution >= 4 is 0 Å². The Labute approximate surface area is 110 Å². The van der Waals surface area contributed by atoms with E-state index in [1.54, 1.807) is 0 Å². The largest absolute Gasteiger partial charge is 0.493 e. The van der Waals surface area contributed by atoms with Gasteiger partial charge in [-0.2, -0.15) is 0 Å². The summed E-state index contributed by atoms with van der Waals surface area (Å²) in [6.45, 7) is 3.17. The quantitative estimate of drug-likeness (QED) is 0.883. The number of benzene rings is 1. The molecule has 1 heterocycles. The van der Waals surface area contributed by atoms with Gasteiger partial charge in [-0.25, -0.2) is 0 Å². The predicted molar refractivity (Wildman–Crippen MR) is 73.8 cm³/mol. The van der Waals surface area contributed by atoms with Crippen molar-refractivity contribution < 1.29 is 4.74 Å². The Morgan fingerprint density at radius 3 is 2.83 bits per heavy atom. The van der Waals surface area contributed by atoms with E-state index in [1.807, 2.05) is 6.07 Å². The summed E-state index contributed by atoms with van der Waals surface area (Å²) in [7, 11) is 0. The molecule has 1 fully saturated rings. The average molecular weight is 245 g/mol. The summed E-state index contributed by atoms with van der Waals surface area (Å²) in [6.07, 6.45) is 5.00. The summed E-state index contributed by atoms with van der Waals surface area (Å²) < 4.78 is 5.71. The fourth-order valence-corrected chi connectivity index (χ4v) is 3.18. The zero-order valence-corrected chi connectivity index (χ0v) is 11.1. The van der Waals surface area contributed by atoms with Crippen LogP contribution < -0.4 is 10.5 Å². The maximum Gasteiger partial charge on any atom is 0.122 e. The second kappa shape index (κ2) is 4.93. The van der Waals surface area contributed by atoms with Crippen LogP contribution in [0, 0.1) is 11.8 Å². The first kappa shape index (κ1) is 12.0. The molecule has 18 heavy (non-hydrogen) atoms. The summed E-state index contributed by atoms with van der Waals surface area (Å²) in [5.41, 5.74) is 7.77. The van der Waals surface area contributed by atoms with Crippen LogP contribution in [-0.2, 0) is 0 Å². The van der Waals surface area contributed by atoms with Crippen LogP contribution in [0.5, 0.6) is 5.75 Å². The Kier molecular flexibility index (Phi) is 3.29. The lowest BCUT2D eigenvalue weighted by atomic mass is 9.83. The van der Waals surface area contributed by atoms with Crippen LogP contribution in [0.15, 0.2) is 24.3 Å². The van der Waals surface area contributed by atoms with Gasteiger partial charge in [-0.05, 0) is 55.1 Å². The van der Waals surface area contributed by atoms with E-state index in [4.69, 9.17) is 10.5 Å². The summed E-state index contributed by atoms with van der Waals surface area (Å²) in [5, 5.41) is 0. The lowest BCUT2D eigenvalue weighted by molar-refractivity contribution is 0.249. The molecule has 0 aromatic heterocycles. The zero-order valence-electron chi connectivity index (χ0n) is 11.1. The topological polar surface area (TPSA) is 35.2 Å². The van der Waals surface area contributed by atoms with Crippen molar-refractivity contribution in [3.8, 4) is 5.75 Å². The van der Waals surface area contributed by atoms with Crippen molar-refractivity contribution in [3.05, 3.63) is 29.8 Å². The molecule has 1 saturated carbocycles. The van der Waals surface area contributed by atoms with Crippen LogP contribution >= 0.6 is 0 Å². The number of fused-ring (bicyclic) bond motifs is 1. The Morgan fingerprint density at radius 1 is 1.28 bits per heavy atom. The molecule has 0 bridgehead atoms. The molecule has 0 spiro atoms. The molecule has 0 saturated heterocycles. The highest BCUT2D eigenvalue weighted by molar-refractivity contribution is 5.37. The van der Waals surface area contributed by atoms with Crippen LogP contribution in [0.1, 0.15) is 44.1 Å². The minimum atomic E-state index is 0.341. The minimum Gasteiger partial charge on any atom is -0.493 e. The van der Waals surface area contributed by atoms with Crippen molar-refractivity contribution in [2.24, 2.45) is 17.6 Å². The molecule has 98 valence electrons. The van der Waals surface area contributed by atoms with Crippen LogP contribution in [-0.4, -0.2) is 12.6 Å². The molecule has 1 aromatic carbocycles. The first-order chi connectivity index (χ1) is 8.75. The Hall–Kier alpha value is -1.02. The van der Waals surface area contributed by atoms with Gasteiger partial charge < -0.3 is 10.5 Å². The fourth-order valence-electron chi connectivity index (χ4n) is 3.18. The Bertz CT molecular complexity index is 413. The third kappa shape index (κ3) is 2.39. The molecule has 1 aliphatic heterocycles. The lowest BCUT2D eigenvalue weighted by Crippen LogP contribution is -2.32. The summed E-state index contributed by atoms with van der Waals surface area (Å²) >= 11 is 0. The first-order valence-corrected chi connectivity index (χ1v) is 7.23. The van der Waals surface area contributed by atoms with Crippen molar-refractivity contribution in [3.63, 3.8) is 0 Å². The van der Waals surface area contributed by atoms with Crippen LogP contribution in [0.3, 0.4) is 0 Å². The molecule has 2 aliphatic rings. The maximum absolute atomic E-state index is 6.41. The molecular formula is C16H23NO. The van der Waals surface area contributed by atoms with Gasteiger partial charge in [0.15, 0.2) is 0 Å². The highest BCUT2D eigenvalue weighted by atomic mass is 16.5. The van der Waals surface area contributed by atoms with E-state index >= 15 is 0 Å². The highest BCUT2D eigenvalue weighted by Crippen LogP contribution is 2.41. The third-order valence-electron chi connectivity index (χ3n) is 4.68. The van der Waals surface area contributed by atoms with Crippen molar-refractivity contribution in [2.45, 2.75) is 44.6 Å². The maximum atomic E-state index is 6.41. The van der Waals surface area contributed by atoms with Gasteiger partial charge in [-0.3, -0.25) is 0 Å². The number of hydrogen-bond donors (Lipinski definition) is 1. The molecule has 3 atom stereocenters. The summed E-state index contributed by atoms with van der Waals surface area (Å²) in [5.74, 6) is 3.24. The van der Waals surface area contributed by atoms with E-state index in [9.17, 15) is 0 Å².